The summed E-state index contributed by atoms with van der Waals surface area (Å²) in [6.07, 6.45) is 0. The average molecular weight is 492 g/mol. The van der Waals surface area contributed by atoms with Crippen molar-refractivity contribution in [2.75, 3.05) is 0 Å². The van der Waals surface area contributed by atoms with Gasteiger partial charge >= 0.3 is 43.3 Å². The van der Waals surface area contributed by atoms with Crippen molar-refractivity contribution in [2.45, 2.75) is 14.7 Å². The van der Waals surface area contributed by atoms with E-state index in [0.717, 1.165) is 0 Å². The molecule has 0 aliphatic heterocycles. The van der Waals surface area contributed by atoms with Gasteiger partial charge in [-0.2, -0.15) is 0 Å². The van der Waals surface area contributed by atoms with E-state index in [4.69, 9.17) is 26.5 Å². The smallest absolute Gasteiger partial charge is 0.0619 e. The van der Waals surface area contributed by atoms with Gasteiger partial charge in [-0.1, -0.05) is 54.6 Å². The maximum absolute atomic E-state index is 4.99. The van der Waals surface area contributed by atoms with Gasteiger partial charge in [-0.3, -0.25) is 0 Å². The Balaban J connectivity index is 0.000000433. The van der Waals surface area contributed by atoms with Crippen LogP contribution in [-0.4, -0.2) is 16.8 Å². The molecule has 0 aromatic heterocycles. The van der Waals surface area contributed by atoms with Gasteiger partial charge in [-0.05, 0) is 36.4 Å². The van der Waals surface area contributed by atoms with Crippen LogP contribution in [0.4, 0.5) is 0 Å². The summed E-state index contributed by atoms with van der Waals surface area (Å²) in [6, 6.07) is 32.2. The first kappa shape index (κ1) is 19.0. The number of halogens is 3. The third-order valence-corrected chi connectivity index (χ3v) is 5.17. The van der Waals surface area contributed by atoms with Crippen LogP contribution in [0, 0.1) is 0 Å². The van der Waals surface area contributed by atoms with Crippen LogP contribution in [0.5, 0.6) is 0 Å². The second-order valence-electron chi connectivity index (χ2n) is 4.44. The van der Waals surface area contributed by atoms with Crippen molar-refractivity contribution >= 4 is 54.2 Å². The summed E-state index contributed by atoms with van der Waals surface area (Å²) in [6.45, 7) is 0. The Morgan fingerprint density at radius 3 is 0.913 bits per heavy atom. The van der Waals surface area contributed by atoms with E-state index in [-0.39, 0.29) is 10.9 Å². The second kappa shape index (κ2) is 10.5. The summed E-state index contributed by atoms with van der Waals surface area (Å²) in [7, 11) is 15.0. The number of benzene rings is 3. The second-order valence-corrected chi connectivity index (χ2v) is 17.8. The van der Waals surface area contributed by atoms with Gasteiger partial charge in [0.1, 0.15) is 0 Å². The molecular formula is C18H15Cl3SSb+. The molecule has 0 atom stereocenters. The normalized spacial score (nSPS) is 10.3. The molecule has 0 unspecified atom stereocenters. The van der Waals surface area contributed by atoms with Crippen molar-refractivity contribution < 1.29 is 0 Å². The predicted octanol–water partition coefficient (Wildman–Crippen LogP) is 6.47. The van der Waals surface area contributed by atoms with Crippen LogP contribution in [0.25, 0.3) is 0 Å². The monoisotopic (exact) mass is 489 g/mol. The van der Waals surface area contributed by atoms with E-state index in [1.807, 2.05) is 0 Å². The van der Waals surface area contributed by atoms with Crippen LogP contribution in [0.1, 0.15) is 0 Å². The minimum atomic E-state index is -2.03. The van der Waals surface area contributed by atoms with E-state index in [1.165, 1.54) is 14.7 Å². The van der Waals surface area contributed by atoms with Crippen molar-refractivity contribution in [1.29, 1.82) is 0 Å². The van der Waals surface area contributed by atoms with E-state index >= 15 is 0 Å². The molecule has 0 aliphatic rings. The van der Waals surface area contributed by atoms with Crippen molar-refractivity contribution in [3.05, 3.63) is 91.0 Å². The molecule has 0 saturated carbocycles. The minimum absolute atomic E-state index is 0.0146. The fourth-order valence-corrected chi connectivity index (χ4v) is 4.18. The van der Waals surface area contributed by atoms with E-state index < -0.39 is 16.8 Å². The zero-order valence-corrected chi connectivity index (χ0v) is 17.8. The van der Waals surface area contributed by atoms with Crippen LogP contribution in [0.3, 0.4) is 0 Å². The Morgan fingerprint density at radius 1 is 0.478 bits per heavy atom. The van der Waals surface area contributed by atoms with E-state index in [0.29, 0.717) is 0 Å². The first-order valence-electron chi connectivity index (χ1n) is 6.85. The summed E-state index contributed by atoms with van der Waals surface area (Å²) in [5.74, 6) is 0. The molecule has 0 heterocycles. The summed E-state index contributed by atoms with van der Waals surface area (Å²) < 4.78 is 0. The topological polar surface area (TPSA) is 0 Å². The third kappa shape index (κ3) is 6.61. The average Bonchev–Trinajstić information content (AvgIpc) is 2.58. The van der Waals surface area contributed by atoms with Crippen LogP contribution in [0.15, 0.2) is 106 Å². The fourth-order valence-electron chi connectivity index (χ4n) is 2.08. The molecule has 0 N–H and O–H groups in total. The van der Waals surface area contributed by atoms with Crippen molar-refractivity contribution in [2.24, 2.45) is 0 Å². The molecular weight excluding hydrogens is 476 g/mol. The molecule has 0 amide bonds. The van der Waals surface area contributed by atoms with E-state index in [2.05, 4.69) is 91.0 Å². The molecule has 3 rings (SSSR count). The standard InChI is InChI=1S/C18H15S.3ClH.Sb/c1-4-10-16(11-5-1)19(17-12-6-2-7-13-17)18-14-8-3-9-15-18;;;;/h1-15H;3*1H;/q+1;;;;+3/p-3. The maximum Gasteiger partial charge on any atom is 0.166 e. The summed E-state index contributed by atoms with van der Waals surface area (Å²) in [4.78, 5) is 4.08. The van der Waals surface area contributed by atoms with Gasteiger partial charge < -0.3 is 0 Å². The number of hydrogen-bond acceptors (Lipinski definition) is 0. The molecule has 0 fully saturated rings. The fraction of sp³-hybridized carbons (Fsp3) is 0. The van der Waals surface area contributed by atoms with Crippen LogP contribution >= 0.6 is 26.5 Å². The molecule has 118 valence electrons. The van der Waals surface area contributed by atoms with Gasteiger partial charge in [0.2, 0.25) is 0 Å². The van der Waals surface area contributed by atoms with E-state index in [1.54, 1.807) is 0 Å². The van der Waals surface area contributed by atoms with Crippen LogP contribution < -0.4 is 0 Å². The molecule has 5 heteroatoms. The third-order valence-electron chi connectivity index (χ3n) is 2.94. The molecule has 3 aromatic carbocycles. The molecule has 0 radical (unpaired) electrons. The van der Waals surface area contributed by atoms with Gasteiger partial charge in [0.15, 0.2) is 14.7 Å². The Morgan fingerprint density at radius 2 is 0.696 bits per heavy atom. The zero-order valence-electron chi connectivity index (χ0n) is 12.1. The molecule has 0 saturated heterocycles. The van der Waals surface area contributed by atoms with Gasteiger partial charge in [0.05, 0.1) is 10.9 Å². The zero-order chi connectivity index (χ0) is 16.5. The molecule has 0 aliphatic carbocycles. The van der Waals surface area contributed by atoms with E-state index in [9.17, 15) is 0 Å². The Labute approximate surface area is 158 Å². The minimum Gasteiger partial charge on any atom is -0.0619 e. The first-order valence-corrected chi connectivity index (χ1v) is 17.8. The number of rotatable bonds is 3. The van der Waals surface area contributed by atoms with Crippen LogP contribution in [0.2, 0.25) is 0 Å². The summed E-state index contributed by atoms with van der Waals surface area (Å²) in [5, 5.41) is 0. The summed E-state index contributed by atoms with van der Waals surface area (Å²) >= 11 is -2.03. The quantitative estimate of drug-likeness (QED) is 0.291. The largest absolute Gasteiger partial charge is 0.166 e. The Hall–Kier alpha value is -0.302. The molecule has 0 bridgehead atoms. The SMILES string of the molecule is [Cl][Sb]([Cl])[Cl].c1ccc([S+](c2ccccc2)c2ccccc2)cc1. The predicted molar refractivity (Wildman–Crippen MR) is 105 cm³/mol. The molecule has 23 heavy (non-hydrogen) atoms. The first-order chi connectivity index (χ1) is 11.2. The van der Waals surface area contributed by atoms with Gasteiger partial charge in [0.25, 0.3) is 0 Å². The van der Waals surface area contributed by atoms with Gasteiger partial charge in [0, 0.05) is 0 Å². The van der Waals surface area contributed by atoms with Crippen molar-refractivity contribution in [1.82, 2.24) is 0 Å². The Bertz CT molecular complexity index is 582. The van der Waals surface area contributed by atoms with Crippen molar-refractivity contribution in [3.63, 3.8) is 0 Å². The maximum atomic E-state index is 4.99. The molecule has 0 nitrogen and oxygen atoms in total. The van der Waals surface area contributed by atoms with Crippen LogP contribution in [-0.2, 0) is 10.9 Å². The molecule has 0 spiro atoms. The number of hydrogen-bond donors (Lipinski definition) is 0. The van der Waals surface area contributed by atoms with Gasteiger partial charge in [-0.25, -0.2) is 0 Å². The molecule has 3 aromatic rings. The van der Waals surface area contributed by atoms with Crippen molar-refractivity contribution in [3.8, 4) is 0 Å². The van der Waals surface area contributed by atoms with Gasteiger partial charge in [-0.15, -0.1) is 0 Å². The Kier molecular flexibility index (Phi) is 8.72. The summed E-state index contributed by atoms with van der Waals surface area (Å²) in [5.41, 5.74) is 0.